The standard InChI is InChI=1S/C13H24N4/c1-4-17-13(15-9-16-17)8-14-12-7-5-6-10(2)11(12)3/h9-12,14H,4-8H2,1-3H3. The number of aromatic nitrogens is 3. The molecule has 0 aliphatic heterocycles. The Morgan fingerprint density at radius 2 is 2.24 bits per heavy atom. The molecule has 1 saturated carbocycles. The van der Waals surface area contributed by atoms with E-state index in [0.29, 0.717) is 6.04 Å². The first-order valence-electron chi connectivity index (χ1n) is 6.82. The second-order valence-electron chi connectivity index (χ2n) is 5.25. The summed E-state index contributed by atoms with van der Waals surface area (Å²) < 4.78 is 1.96. The molecule has 1 aromatic heterocycles. The van der Waals surface area contributed by atoms with Crippen molar-refractivity contribution in [2.24, 2.45) is 11.8 Å². The highest BCUT2D eigenvalue weighted by Crippen LogP contribution is 2.29. The molecule has 2 rings (SSSR count). The fourth-order valence-electron chi connectivity index (χ4n) is 2.78. The summed E-state index contributed by atoms with van der Waals surface area (Å²) in [6, 6.07) is 0.640. The van der Waals surface area contributed by atoms with Crippen LogP contribution in [0.4, 0.5) is 0 Å². The normalized spacial score (nSPS) is 29.5. The fourth-order valence-corrected chi connectivity index (χ4v) is 2.78. The molecule has 1 aromatic rings. The smallest absolute Gasteiger partial charge is 0.140 e. The molecule has 0 aromatic carbocycles. The number of hydrogen-bond donors (Lipinski definition) is 1. The predicted molar refractivity (Wildman–Crippen MR) is 68.5 cm³/mol. The van der Waals surface area contributed by atoms with Gasteiger partial charge in [0.15, 0.2) is 0 Å². The Balaban J connectivity index is 1.89. The van der Waals surface area contributed by atoms with Gasteiger partial charge in [0.2, 0.25) is 0 Å². The van der Waals surface area contributed by atoms with Gasteiger partial charge in [0.25, 0.3) is 0 Å². The maximum absolute atomic E-state index is 4.30. The van der Waals surface area contributed by atoms with E-state index in [9.17, 15) is 0 Å². The second-order valence-corrected chi connectivity index (χ2v) is 5.25. The summed E-state index contributed by atoms with van der Waals surface area (Å²) in [5, 5.41) is 7.85. The highest BCUT2D eigenvalue weighted by atomic mass is 15.3. The van der Waals surface area contributed by atoms with E-state index in [-0.39, 0.29) is 0 Å². The third-order valence-corrected chi connectivity index (χ3v) is 4.22. The van der Waals surface area contributed by atoms with E-state index in [2.05, 4.69) is 36.2 Å². The van der Waals surface area contributed by atoms with E-state index in [1.54, 1.807) is 6.33 Å². The Morgan fingerprint density at radius 1 is 1.41 bits per heavy atom. The van der Waals surface area contributed by atoms with Crippen molar-refractivity contribution in [1.82, 2.24) is 20.1 Å². The van der Waals surface area contributed by atoms with Crippen molar-refractivity contribution in [3.63, 3.8) is 0 Å². The summed E-state index contributed by atoms with van der Waals surface area (Å²) >= 11 is 0. The predicted octanol–water partition coefficient (Wildman–Crippen LogP) is 2.21. The maximum Gasteiger partial charge on any atom is 0.140 e. The highest BCUT2D eigenvalue weighted by Gasteiger charge is 2.26. The number of aryl methyl sites for hydroxylation is 1. The van der Waals surface area contributed by atoms with Crippen LogP contribution < -0.4 is 5.32 Å². The van der Waals surface area contributed by atoms with Crippen LogP contribution in [0.15, 0.2) is 6.33 Å². The van der Waals surface area contributed by atoms with Crippen LogP contribution in [0.3, 0.4) is 0 Å². The van der Waals surface area contributed by atoms with E-state index in [1.165, 1.54) is 19.3 Å². The van der Waals surface area contributed by atoms with Gasteiger partial charge in [-0.05, 0) is 25.2 Å². The van der Waals surface area contributed by atoms with Crippen LogP contribution in [0.2, 0.25) is 0 Å². The zero-order valence-electron chi connectivity index (χ0n) is 11.2. The molecule has 0 amide bonds. The van der Waals surface area contributed by atoms with Crippen LogP contribution in [0, 0.1) is 11.8 Å². The summed E-state index contributed by atoms with van der Waals surface area (Å²) in [6.45, 7) is 8.58. The van der Waals surface area contributed by atoms with Gasteiger partial charge in [-0.2, -0.15) is 5.10 Å². The minimum Gasteiger partial charge on any atom is -0.307 e. The van der Waals surface area contributed by atoms with Crippen LogP contribution >= 0.6 is 0 Å². The molecule has 0 bridgehead atoms. The summed E-state index contributed by atoms with van der Waals surface area (Å²) in [5.41, 5.74) is 0. The molecule has 4 heteroatoms. The summed E-state index contributed by atoms with van der Waals surface area (Å²) in [7, 11) is 0. The molecule has 3 atom stereocenters. The van der Waals surface area contributed by atoms with E-state index >= 15 is 0 Å². The zero-order chi connectivity index (χ0) is 12.3. The Kier molecular flexibility index (Phi) is 4.15. The number of nitrogens with one attached hydrogen (secondary N) is 1. The molecule has 96 valence electrons. The highest BCUT2D eigenvalue weighted by molar-refractivity contribution is 4.88. The molecule has 0 saturated heterocycles. The number of nitrogens with zero attached hydrogens (tertiary/aromatic N) is 3. The summed E-state index contributed by atoms with van der Waals surface area (Å²) in [5.74, 6) is 2.66. The fraction of sp³-hybridized carbons (Fsp3) is 0.846. The van der Waals surface area contributed by atoms with Crippen LogP contribution in [0.25, 0.3) is 0 Å². The lowest BCUT2D eigenvalue weighted by atomic mass is 9.78. The summed E-state index contributed by atoms with van der Waals surface area (Å²) in [4.78, 5) is 4.30. The minimum absolute atomic E-state index is 0.640. The lowest BCUT2D eigenvalue weighted by Gasteiger charge is -2.34. The first-order chi connectivity index (χ1) is 8.22. The molecule has 1 fully saturated rings. The Morgan fingerprint density at radius 3 is 3.00 bits per heavy atom. The molecule has 1 aliphatic rings. The molecule has 3 unspecified atom stereocenters. The van der Waals surface area contributed by atoms with E-state index in [1.807, 2.05) is 4.68 Å². The van der Waals surface area contributed by atoms with Gasteiger partial charge >= 0.3 is 0 Å². The molecular weight excluding hydrogens is 212 g/mol. The molecule has 0 spiro atoms. The molecule has 1 aliphatic carbocycles. The molecule has 17 heavy (non-hydrogen) atoms. The van der Waals surface area contributed by atoms with Crippen molar-refractivity contribution < 1.29 is 0 Å². The largest absolute Gasteiger partial charge is 0.307 e. The molecule has 0 radical (unpaired) electrons. The van der Waals surface area contributed by atoms with E-state index in [0.717, 1.165) is 30.7 Å². The SMILES string of the molecule is CCn1ncnc1CNC1CCCC(C)C1C. The first kappa shape index (κ1) is 12.6. The zero-order valence-corrected chi connectivity index (χ0v) is 11.2. The minimum atomic E-state index is 0.640. The van der Waals surface area contributed by atoms with Gasteiger partial charge in [-0.3, -0.25) is 0 Å². The van der Waals surface area contributed by atoms with Gasteiger partial charge in [0.1, 0.15) is 12.2 Å². The Hall–Kier alpha value is -0.900. The Bertz CT molecular complexity index is 347. The van der Waals surface area contributed by atoms with Crippen LogP contribution in [-0.4, -0.2) is 20.8 Å². The van der Waals surface area contributed by atoms with E-state index < -0.39 is 0 Å². The van der Waals surface area contributed by atoms with Gasteiger partial charge in [-0.25, -0.2) is 9.67 Å². The van der Waals surface area contributed by atoms with Crippen molar-refractivity contribution in [3.8, 4) is 0 Å². The van der Waals surface area contributed by atoms with E-state index in [4.69, 9.17) is 0 Å². The monoisotopic (exact) mass is 236 g/mol. The molecular formula is C13H24N4. The number of rotatable bonds is 4. The van der Waals surface area contributed by atoms with Crippen molar-refractivity contribution in [2.45, 2.75) is 59.2 Å². The number of hydrogen-bond acceptors (Lipinski definition) is 3. The molecule has 4 nitrogen and oxygen atoms in total. The Labute approximate surface area is 104 Å². The quantitative estimate of drug-likeness (QED) is 0.871. The maximum atomic E-state index is 4.30. The van der Waals surface area contributed by atoms with Gasteiger partial charge < -0.3 is 5.32 Å². The van der Waals surface area contributed by atoms with Gasteiger partial charge in [-0.15, -0.1) is 0 Å². The molecule has 1 N–H and O–H groups in total. The third kappa shape index (κ3) is 2.86. The lowest BCUT2D eigenvalue weighted by Crippen LogP contribution is -2.40. The lowest BCUT2D eigenvalue weighted by molar-refractivity contribution is 0.204. The van der Waals surface area contributed by atoms with Gasteiger partial charge in [0, 0.05) is 12.6 Å². The van der Waals surface area contributed by atoms with Crippen LogP contribution in [0.1, 0.15) is 45.9 Å². The van der Waals surface area contributed by atoms with Gasteiger partial charge in [-0.1, -0.05) is 26.7 Å². The second kappa shape index (κ2) is 5.63. The summed E-state index contributed by atoms with van der Waals surface area (Å²) in [6.07, 6.45) is 5.67. The van der Waals surface area contributed by atoms with Crippen molar-refractivity contribution in [2.75, 3.05) is 0 Å². The molecule has 1 heterocycles. The van der Waals surface area contributed by atoms with Crippen molar-refractivity contribution in [3.05, 3.63) is 12.2 Å². The van der Waals surface area contributed by atoms with Crippen LogP contribution in [0.5, 0.6) is 0 Å². The average Bonchev–Trinajstić information content (AvgIpc) is 2.78. The van der Waals surface area contributed by atoms with Gasteiger partial charge in [0.05, 0.1) is 6.54 Å². The van der Waals surface area contributed by atoms with Crippen molar-refractivity contribution in [1.29, 1.82) is 0 Å². The van der Waals surface area contributed by atoms with Crippen molar-refractivity contribution >= 4 is 0 Å². The first-order valence-corrected chi connectivity index (χ1v) is 6.82. The topological polar surface area (TPSA) is 42.7 Å². The van der Waals surface area contributed by atoms with Crippen LogP contribution in [-0.2, 0) is 13.1 Å². The average molecular weight is 236 g/mol. The third-order valence-electron chi connectivity index (χ3n) is 4.22.